The number of anilines is 1. The molecule has 0 atom stereocenters. The van der Waals surface area contributed by atoms with Crippen molar-refractivity contribution in [2.24, 2.45) is 0 Å². The summed E-state index contributed by atoms with van der Waals surface area (Å²) in [5.74, 6) is -0.468. The summed E-state index contributed by atoms with van der Waals surface area (Å²) in [7, 11) is 0. The number of para-hydroxylation sites is 1. The number of rotatable bonds is 4. The number of halogens is 1. The summed E-state index contributed by atoms with van der Waals surface area (Å²) in [6.07, 6.45) is 1.73. The van der Waals surface area contributed by atoms with Gasteiger partial charge in [0.15, 0.2) is 0 Å². The Morgan fingerprint density at radius 3 is 2.87 bits per heavy atom. The van der Waals surface area contributed by atoms with Gasteiger partial charge in [0, 0.05) is 16.5 Å². The molecular formula is C18H15FN2OS. The first kappa shape index (κ1) is 15.5. The molecule has 1 amide bonds. The van der Waals surface area contributed by atoms with Crippen LogP contribution in [0.2, 0.25) is 0 Å². The van der Waals surface area contributed by atoms with Crippen molar-refractivity contribution in [3.05, 3.63) is 66.1 Å². The number of hydrogen-bond donors (Lipinski definition) is 1. The molecule has 3 aromatic rings. The lowest BCUT2D eigenvalue weighted by molar-refractivity contribution is -0.113. The molecule has 1 heterocycles. The van der Waals surface area contributed by atoms with E-state index in [1.165, 1.54) is 17.8 Å². The van der Waals surface area contributed by atoms with Gasteiger partial charge in [-0.1, -0.05) is 24.3 Å². The summed E-state index contributed by atoms with van der Waals surface area (Å²) >= 11 is 1.39. The van der Waals surface area contributed by atoms with E-state index in [1.807, 2.05) is 30.3 Å². The third-order valence-electron chi connectivity index (χ3n) is 3.35. The van der Waals surface area contributed by atoms with Gasteiger partial charge in [0.2, 0.25) is 5.91 Å². The van der Waals surface area contributed by atoms with Gasteiger partial charge in [-0.05, 0) is 36.8 Å². The van der Waals surface area contributed by atoms with Gasteiger partial charge in [0.25, 0.3) is 0 Å². The Hall–Kier alpha value is -2.40. The molecule has 3 rings (SSSR count). The van der Waals surface area contributed by atoms with E-state index >= 15 is 0 Å². The predicted molar refractivity (Wildman–Crippen MR) is 92.2 cm³/mol. The van der Waals surface area contributed by atoms with Crippen LogP contribution < -0.4 is 5.32 Å². The van der Waals surface area contributed by atoms with Gasteiger partial charge >= 0.3 is 0 Å². The van der Waals surface area contributed by atoms with Crippen LogP contribution in [0, 0.1) is 12.7 Å². The molecule has 0 saturated heterocycles. The van der Waals surface area contributed by atoms with Crippen LogP contribution in [0.1, 0.15) is 5.56 Å². The lowest BCUT2D eigenvalue weighted by Crippen LogP contribution is -2.15. The molecule has 0 spiro atoms. The standard InChI is InChI=1S/C18H15FN2OS/c1-12-7-8-15(14(19)10-12)21-17(22)11-23-16-6-2-4-13-5-3-9-20-18(13)16/h2-10H,11H2,1H3,(H,21,22). The summed E-state index contributed by atoms with van der Waals surface area (Å²) < 4.78 is 13.8. The highest BCUT2D eigenvalue weighted by Crippen LogP contribution is 2.26. The summed E-state index contributed by atoms with van der Waals surface area (Å²) in [6, 6.07) is 14.4. The van der Waals surface area contributed by atoms with Crippen LogP contribution in [0.5, 0.6) is 0 Å². The first-order chi connectivity index (χ1) is 11.1. The van der Waals surface area contributed by atoms with Crippen LogP contribution >= 0.6 is 11.8 Å². The molecule has 0 aliphatic rings. The Bertz CT molecular complexity index is 861. The second-order valence-electron chi connectivity index (χ2n) is 5.15. The maximum absolute atomic E-state index is 13.8. The number of aryl methyl sites for hydroxylation is 1. The van der Waals surface area contributed by atoms with E-state index in [9.17, 15) is 9.18 Å². The quantitative estimate of drug-likeness (QED) is 0.722. The smallest absolute Gasteiger partial charge is 0.234 e. The molecule has 3 nitrogen and oxygen atoms in total. The topological polar surface area (TPSA) is 42.0 Å². The first-order valence-corrected chi connectivity index (χ1v) is 8.14. The Morgan fingerprint density at radius 2 is 2.04 bits per heavy atom. The van der Waals surface area contributed by atoms with Crippen LogP contribution in [-0.4, -0.2) is 16.6 Å². The number of fused-ring (bicyclic) bond motifs is 1. The Balaban J connectivity index is 1.69. The van der Waals surface area contributed by atoms with Crippen molar-refractivity contribution < 1.29 is 9.18 Å². The van der Waals surface area contributed by atoms with Gasteiger partial charge in [-0.25, -0.2) is 4.39 Å². The van der Waals surface area contributed by atoms with E-state index < -0.39 is 5.82 Å². The molecule has 5 heteroatoms. The Labute approximate surface area is 137 Å². The lowest BCUT2D eigenvalue weighted by atomic mass is 10.2. The number of carbonyl (C=O) groups is 1. The average molecular weight is 326 g/mol. The molecule has 2 aromatic carbocycles. The molecule has 1 aromatic heterocycles. The van der Waals surface area contributed by atoms with Crippen molar-refractivity contribution in [1.29, 1.82) is 0 Å². The van der Waals surface area contributed by atoms with Crippen LogP contribution in [0.4, 0.5) is 10.1 Å². The second-order valence-corrected chi connectivity index (χ2v) is 6.17. The van der Waals surface area contributed by atoms with Gasteiger partial charge in [-0.2, -0.15) is 0 Å². The lowest BCUT2D eigenvalue weighted by Gasteiger charge is -2.08. The highest BCUT2D eigenvalue weighted by Gasteiger charge is 2.09. The molecule has 0 bridgehead atoms. The van der Waals surface area contributed by atoms with Crippen molar-refractivity contribution in [2.75, 3.05) is 11.1 Å². The van der Waals surface area contributed by atoms with E-state index in [4.69, 9.17) is 0 Å². The zero-order chi connectivity index (χ0) is 16.2. The highest BCUT2D eigenvalue weighted by atomic mass is 32.2. The third kappa shape index (κ3) is 3.68. The molecule has 23 heavy (non-hydrogen) atoms. The minimum Gasteiger partial charge on any atom is -0.323 e. The predicted octanol–water partition coefficient (Wildman–Crippen LogP) is 4.41. The van der Waals surface area contributed by atoms with Crippen LogP contribution in [0.25, 0.3) is 10.9 Å². The van der Waals surface area contributed by atoms with Crippen LogP contribution in [0.15, 0.2) is 59.6 Å². The third-order valence-corrected chi connectivity index (χ3v) is 4.40. The van der Waals surface area contributed by atoms with Gasteiger partial charge in [0.1, 0.15) is 5.82 Å². The van der Waals surface area contributed by atoms with Gasteiger partial charge in [-0.15, -0.1) is 11.8 Å². The highest BCUT2D eigenvalue weighted by molar-refractivity contribution is 8.00. The fourth-order valence-corrected chi connectivity index (χ4v) is 3.08. The maximum Gasteiger partial charge on any atom is 0.234 e. The molecule has 116 valence electrons. The molecule has 0 radical (unpaired) electrons. The number of thioether (sulfide) groups is 1. The van der Waals surface area contributed by atoms with Crippen molar-refractivity contribution in [1.82, 2.24) is 4.98 Å². The summed E-state index contributed by atoms with van der Waals surface area (Å²) in [4.78, 5) is 17.3. The monoisotopic (exact) mass is 326 g/mol. The van der Waals surface area contributed by atoms with Crippen molar-refractivity contribution in [3.63, 3.8) is 0 Å². The van der Waals surface area contributed by atoms with E-state index in [0.717, 1.165) is 21.4 Å². The number of pyridine rings is 1. The number of nitrogens with one attached hydrogen (secondary N) is 1. The SMILES string of the molecule is Cc1ccc(NC(=O)CSc2cccc3cccnc23)c(F)c1. The fraction of sp³-hybridized carbons (Fsp3) is 0.111. The van der Waals surface area contributed by atoms with Gasteiger partial charge < -0.3 is 5.32 Å². The summed E-state index contributed by atoms with van der Waals surface area (Å²) in [5, 5.41) is 3.63. The Morgan fingerprint density at radius 1 is 1.22 bits per heavy atom. The molecule has 0 fully saturated rings. The summed E-state index contributed by atoms with van der Waals surface area (Å²) in [6.45, 7) is 1.80. The van der Waals surface area contributed by atoms with Crippen molar-refractivity contribution >= 4 is 34.3 Å². The maximum atomic E-state index is 13.8. The summed E-state index contributed by atoms with van der Waals surface area (Å²) in [5.41, 5.74) is 1.89. The normalized spacial score (nSPS) is 10.7. The van der Waals surface area contributed by atoms with Crippen LogP contribution in [0.3, 0.4) is 0 Å². The molecule has 0 aliphatic carbocycles. The minimum atomic E-state index is -0.421. The molecular weight excluding hydrogens is 311 g/mol. The number of aromatic nitrogens is 1. The van der Waals surface area contributed by atoms with Crippen molar-refractivity contribution in [2.45, 2.75) is 11.8 Å². The van der Waals surface area contributed by atoms with Crippen LogP contribution in [-0.2, 0) is 4.79 Å². The number of nitrogens with zero attached hydrogens (tertiary/aromatic N) is 1. The van der Waals surface area contributed by atoms with E-state index in [0.29, 0.717) is 0 Å². The minimum absolute atomic E-state index is 0.197. The van der Waals surface area contributed by atoms with Gasteiger partial charge in [0.05, 0.1) is 17.0 Å². The van der Waals surface area contributed by atoms with E-state index in [2.05, 4.69) is 10.3 Å². The van der Waals surface area contributed by atoms with E-state index in [-0.39, 0.29) is 17.3 Å². The molecule has 0 saturated carbocycles. The van der Waals surface area contributed by atoms with Gasteiger partial charge in [-0.3, -0.25) is 9.78 Å². The van der Waals surface area contributed by atoms with Crippen molar-refractivity contribution in [3.8, 4) is 0 Å². The van der Waals surface area contributed by atoms with E-state index in [1.54, 1.807) is 25.3 Å². The number of amides is 1. The fourth-order valence-electron chi connectivity index (χ4n) is 2.24. The largest absolute Gasteiger partial charge is 0.323 e. The zero-order valence-electron chi connectivity index (χ0n) is 12.5. The number of carbonyl (C=O) groups excluding carboxylic acids is 1. The molecule has 1 N–H and O–H groups in total. The molecule has 0 unspecified atom stereocenters. The number of hydrogen-bond acceptors (Lipinski definition) is 3. The Kier molecular flexibility index (Phi) is 4.57. The zero-order valence-corrected chi connectivity index (χ0v) is 13.4. The molecule has 0 aliphatic heterocycles. The second kappa shape index (κ2) is 6.79. The number of benzene rings is 2. The first-order valence-electron chi connectivity index (χ1n) is 7.16. The average Bonchev–Trinajstić information content (AvgIpc) is 2.55.